The van der Waals surface area contributed by atoms with E-state index >= 15 is 0 Å². The second kappa shape index (κ2) is 5.54. The van der Waals surface area contributed by atoms with Crippen molar-refractivity contribution >= 4 is 11.7 Å². The molecule has 0 saturated heterocycles. The number of rotatable bonds is 3. The maximum absolute atomic E-state index is 11.6. The first-order chi connectivity index (χ1) is 7.54. The Morgan fingerprint density at radius 1 is 1.38 bits per heavy atom. The lowest BCUT2D eigenvalue weighted by molar-refractivity contribution is 0.249. The van der Waals surface area contributed by atoms with E-state index in [4.69, 9.17) is 0 Å². The van der Waals surface area contributed by atoms with Crippen molar-refractivity contribution in [3.63, 3.8) is 0 Å². The second-order valence-electron chi connectivity index (χ2n) is 4.16. The van der Waals surface area contributed by atoms with Crippen molar-refractivity contribution in [3.05, 3.63) is 29.3 Å². The second-order valence-corrected chi connectivity index (χ2v) is 4.16. The largest absolute Gasteiger partial charge is 0.335 e. The molecular formula is C13H20N2O. The van der Waals surface area contributed by atoms with Crippen LogP contribution >= 0.6 is 0 Å². The lowest BCUT2D eigenvalue weighted by atomic mass is 10.1. The third-order valence-electron chi connectivity index (χ3n) is 2.84. The summed E-state index contributed by atoms with van der Waals surface area (Å²) in [6.07, 6.45) is 0.931. The third kappa shape index (κ3) is 3.26. The van der Waals surface area contributed by atoms with Gasteiger partial charge in [0, 0.05) is 11.7 Å². The minimum atomic E-state index is -0.136. The molecule has 1 rings (SSSR count). The first-order valence-corrected chi connectivity index (χ1v) is 5.68. The molecule has 1 unspecified atom stereocenters. The maximum atomic E-state index is 11.6. The normalized spacial score (nSPS) is 12.0. The van der Waals surface area contributed by atoms with Crippen LogP contribution in [0.1, 0.15) is 31.4 Å². The number of hydrogen-bond acceptors (Lipinski definition) is 1. The van der Waals surface area contributed by atoms with Gasteiger partial charge in [0.2, 0.25) is 0 Å². The van der Waals surface area contributed by atoms with E-state index in [0.29, 0.717) is 0 Å². The van der Waals surface area contributed by atoms with Crippen LogP contribution in [0.4, 0.5) is 10.5 Å². The van der Waals surface area contributed by atoms with Crippen LogP contribution in [0.15, 0.2) is 18.2 Å². The van der Waals surface area contributed by atoms with E-state index < -0.39 is 0 Å². The van der Waals surface area contributed by atoms with Gasteiger partial charge in [-0.2, -0.15) is 0 Å². The van der Waals surface area contributed by atoms with Gasteiger partial charge in [0.15, 0.2) is 0 Å². The molecule has 0 aliphatic heterocycles. The van der Waals surface area contributed by atoms with Crippen molar-refractivity contribution in [1.82, 2.24) is 5.32 Å². The van der Waals surface area contributed by atoms with Crippen LogP contribution in [-0.2, 0) is 0 Å². The Kier molecular flexibility index (Phi) is 4.35. The number of carbonyl (C=O) groups excluding carboxylic acids is 1. The van der Waals surface area contributed by atoms with Crippen LogP contribution in [0.3, 0.4) is 0 Å². The van der Waals surface area contributed by atoms with Gasteiger partial charge in [0.25, 0.3) is 0 Å². The average molecular weight is 220 g/mol. The van der Waals surface area contributed by atoms with Crippen LogP contribution in [0.25, 0.3) is 0 Å². The van der Waals surface area contributed by atoms with Gasteiger partial charge in [0.1, 0.15) is 0 Å². The molecular weight excluding hydrogens is 200 g/mol. The predicted octanol–water partition coefficient (Wildman–Crippen LogP) is 3.22. The monoisotopic (exact) mass is 220 g/mol. The standard InChI is InChI=1S/C13H20N2O/c1-5-10(3)14-13(16)15-12-8-6-7-9(2)11(12)4/h6-8,10H,5H2,1-4H3,(H2,14,15,16). The zero-order valence-corrected chi connectivity index (χ0v) is 10.4. The molecule has 1 aromatic rings. The Morgan fingerprint density at radius 3 is 2.69 bits per heavy atom. The molecule has 0 aromatic heterocycles. The zero-order chi connectivity index (χ0) is 12.1. The Labute approximate surface area is 97.2 Å². The number of anilines is 1. The lowest BCUT2D eigenvalue weighted by Crippen LogP contribution is -2.35. The highest BCUT2D eigenvalue weighted by Crippen LogP contribution is 2.17. The van der Waals surface area contributed by atoms with E-state index in [0.717, 1.165) is 17.7 Å². The Hall–Kier alpha value is -1.51. The molecule has 0 saturated carbocycles. The van der Waals surface area contributed by atoms with Gasteiger partial charge in [-0.05, 0) is 44.4 Å². The molecule has 16 heavy (non-hydrogen) atoms. The molecule has 88 valence electrons. The summed E-state index contributed by atoms with van der Waals surface area (Å²) >= 11 is 0. The molecule has 0 aliphatic carbocycles. The smallest absolute Gasteiger partial charge is 0.319 e. The molecule has 0 radical (unpaired) electrons. The summed E-state index contributed by atoms with van der Waals surface area (Å²) < 4.78 is 0. The number of urea groups is 1. The van der Waals surface area contributed by atoms with Crippen LogP contribution in [-0.4, -0.2) is 12.1 Å². The van der Waals surface area contributed by atoms with Crippen molar-refractivity contribution < 1.29 is 4.79 Å². The number of nitrogens with one attached hydrogen (secondary N) is 2. The molecule has 0 fully saturated rings. The van der Waals surface area contributed by atoms with Gasteiger partial charge in [-0.1, -0.05) is 19.1 Å². The number of carbonyl (C=O) groups is 1. The van der Waals surface area contributed by atoms with Gasteiger partial charge < -0.3 is 10.6 Å². The molecule has 0 heterocycles. The highest BCUT2D eigenvalue weighted by atomic mass is 16.2. The summed E-state index contributed by atoms with van der Waals surface area (Å²) in [7, 11) is 0. The molecule has 0 spiro atoms. The summed E-state index contributed by atoms with van der Waals surface area (Å²) in [5.41, 5.74) is 3.17. The zero-order valence-electron chi connectivity index (χ0n) is 10.4. The first-order valence-electron chi connectivity index (χ1n) is 5.68. The van der Waals surface area contributed by atoms with E-state index in [2.05, 4.69) is 10.6 Å². The van der Waals surface area contributed by atoms with Gasteiger partial charge in [-0.15, -0.1) is 0 Å². The topological polar surface area (TPSA) is 41.1 Å². The van der Waals surface area contributed by atoms with Gasteiger partial charge >= 0.3 is 6.03 Å². The molecule has 1 atom stereocenters. The summed E-state index contributed by atoms with van der Waals surface area (Å²) in [5.74, 6) is 0. The summed E-state index contributed by atoms with van der Waals surface area (Å²) in [4.78, 5) is 11.6. The molecule has 3 heteroatoms. The molecule has 0 bridgehead atoms. The van der Waals surface area contributed by atoms with Crippen LogP contribution < -0.4 is 10.6 Å². The highest BCUT2D eigenvalue weighted by molar-refractivity contribution is 5.90. The maximum Gasteiger partial charge on any atom is 0.319 e. The number of benzene rings is 1. The number of amides is 2. The number of hydrogen-bond donors (Lipinski definition) is 2. The third-order valence-corrected chi connectivity index (χ3v) is 2.84. The van der Waals surface area contributed by atoms with Crippen molar-refractivity contribution in [1.29, 1.82) is 0 Å². The van der Waals surface area contributed by atoms with E-state index in [-0.39, 0.29) is 12.1 Å². The SMILES string of the molecule is CCC(C)NC(=O)Nc1cccc(C)c1C. The molecule has 1 aromatic carbocycles. The fourth-order valence-corrected chi connectivity index (χ4v) is 1.37. The van der Waals surface area contributed by atoms with Crippen molar-refractivity contribution in [2.75, 3.05) is 5.32 Å². The lowest BCUT2D eigenvalue weighted by Gasteiger charge is -2.14. The molecule has 0 aliphatic rings. The summed E-state index contributed by atoms with van der Waals surface area (Å²) in [6.45, 7) is 8.08. The van der Waals surface area contributed by atoms with Crippen LogP contribution in [0.2, 0.25) is 0 Å². The predicted molar refractivity (Wildman–Crippen MR) is 67.8 cm³/mol. The minimum Gasteiger partial charge on any atom is -0.335 e. The summed E-state index contributed by atoms with van der Waals surface area (Å²) in [6, 6.07) is 5.96. The Bertz CT molecular complexity index is 374. The van der Waals surface area contributed by atoms with Crippen LogP contribution in [0.5, 0.6) is 0 Å². The number of aryl methyl sites for hydroxylation is 1. The fraction of sp³-hybridized carbons (Fsp3) is 0.462. The van der Waals surface area contributed by atoms with Crippen LogP contribution in [0, 0.1) is 13.8 Å². The fourth-order valence-electron chi connectivity index (χ4n) is 1.37. The van der Waals surface area contributed by atoms with E-state index in [1.54, 1.807) is 0 Å². The van der Waals surface area contributed by atoms with Crippen molar-refractivity contribution in [2.24, 2.45) is 0 Å². The minimum absolute atomic E-state index is 0.136. The van der Waals surface area contributed by atoms with Crippen molar-refractivity contribution in [2.45, 2.75) is 40.2 Å². The first kappa shape index (κ1) is 12.6. The van der Waals surface area contributed by atoms with E-state index in [1.165, 1.54) is 5.56 Å². The van der Waals surface area contributed by atoms with E-state index in [1.807, 2.05) is 45.9 Å². The van der Waals surface area contributed by atoms with E-state index in [9.17, 15) is 4.79 Å². The molecule has 2 amide bonds. The van der Waals surface area contributed by atoms with Gasteiger partial charge in [0.05, 0.1) is 0 Å². The Balaban J connectivity index is 2.66. The average Bonchev–Trinajstić information content (AvgIpc) is 2.24. The van der Waals surface area contributed by atoms with Crippen molar-refractivity contribution in [3.8, 4) is 0 Å². The highest BCUT2D eigenvalue weighted by Gasteiger charge is 2.07. The molecule has 2 N–H and O–H groups in total. The molecule has 3 nitrogen and oxygen atoms in total. The Morgan fingerprint density at radius 2 is 2.06 bits per heavy atom. The quantitative estimate of drug-likeness (QED) is 0.806. The van der Waals surface area contributed by atoms with Gasteiger partial charge in [-0.25, -0.2) is 4.79 Å². The summed E-state index contributed by atoms with van der Waals surface area (Å²) in [5, 5.41) is 5.74. The van der Waals surface area contributed by atoms with Gasteiger partial charge in [-0.3, -0.25) is 0 Å².